The van der Waals surface area contributed by atoms with Crippen LogP contribution in [0.3, 0.4) is 0 Å². The van der Waals surface area contributed by atoms with E-state index in [1.807, 2.05) is 70.4 Å². The minimum absolute atomic E-state index is 0.0329. The van der Waals surface area contributed by atoms with Crippen molar-refractivity contribution < 1.29 is 4.79 Å². The predicted octanol–water partition coefficient (Wildman–Crippen LogP) is 4.27. The molecule has 0 saturated heterocycles. The maximum atomic E-state index is 13.2. The number of fused-ring (bicyclic) bond motifs is 1. The van der Waals surface area contributed by atoms with Gasteiger partial charge in [0.2, 0.25) is 0 Å². The number of carbonyl (C=O) groups is 1. The average Bonchev–Trinajstić information content (AvgIpc) is 2.65. The van der Waals surface area contributed by atoms with Crippen molar-refractivity contribution in [3.05, 3.63) is 77.0 Å². The zero-order valence-electron chi connectivity index (χ0n) is 16.5. The molecule has 2 aromatic carbocycles. The first-order chi connectivity index (χ1) is 12.9. The van der Waals surface area contributed by atoms with E-state index in [0.29, 0.717) is 5.56 Å². The smallest absolute Gasteiger partial charge is 0.252 e. The molecule has 4 heteroatoms. The van der Waals surface area contributed by atoms with E-state index >= 15 is 0 Å². The first-order valence-corrected chi connectivity index (χ1v) is 9.32. The Balaban J connectivity index is 1.94. The molecule has 0 fully saturated rings. The lowest BCUT2D eigenvalue weighted by Gasteiger charge is -2.22. The Kier molecular flexibility index (Phi) is 5.87. The third kappa shape index (κ3) is 4.72. The summed E-state index contributed by atoms with van der Waals surface area (Å²) in [6.07, 6.45) is 0.851. The number of amides is 1. The van der Waals surface area contributed by atoms with Crippen molar-refractivity contribution in [2.75, 3.05) is 20.6 Å². The minimum Gasteiger partial charge on any atom is -0.345 e. The summed E-state index contributed by atoms with van der Waals surface area (Å²) in [5, 5.41) is 4.15. The highest BCUT2D eigenvalue weighted by Gasteiger charge is 2.18. The van der Waals surface area contributed by atoms with Crippen molar-refractivity contribution >= 4 is 16.8 Å². The number of pyridine rings is 1. The quantitative estimate of drug-likeness (QED) is 0.713. The Morgan fingerprint density at radius 2 is 1.81 bits per heavy atom. The Morgan fingerprint density at radius 1 is 1.07 bits per heavy atom. The van der Waals surface area contributed by atoms with Crippen LogP contribution in [0.4, 0.5) is 0 Å². The van der Waals surface area contributed by atoms with Crippen LogP contribution in [0.2, 0.25) is 0 Å². The van der Waals surface area contributed by atoms with Crippen LogP contribution in [-0.2, 0) is 0 Å². The van der Waals surface area contributed by atoms with E-state index in [0.717, 1.165) is 40.7 Å². The zero-order valence-corrected chi connectivity index (χ0v) is 16.5. The van der Waals surface area contributed by atoms with Crippen molar-refractivity contribution in [1.29, 1.82) is 0 Å². The number of aryl methyl sites for hydroxylation is 2. The number of nitrogens with zero attached hydrogens (tertiary/aromatic N) is 2. The molecule has 0 bridgehead atoms. The summed E-state index contributed by atoms with van der Waals surface area (Å²) in [5.41, 5.74) is 4.64. The lowest BCUT2D eigenvalue weighted by molar-refractivity contribution is 0.0934. The molecular formula is C23H27N3O. The molecule has 1 amide bonds. The molecule has 0 unspecified atom stereocenters. The lowest BCUT2D eigenvalue weighted by Crippen LogP contribution is -2.31. The summed E-state index contributed by atoms with van der Waals surface area (Å²) >= 11 is 0. The minimum atomic E-state index is -0.0521. The fourth-order valence-electron chi connectivity index (χ4n) is 3.29. The van der Waals surface area contributed by atoms with Crippen LogP contribution < -0.4 is 5.32 Å². The van der Waals surface area contributed by atoms with E-state index in [1.54, 1.807) is 0 Å². The molecule has 3 rings (SSSR count). The molecule has 4 nitrogen and oxygen atoms in total. The predicted molar refractivity (Wildman–Crippen MR) is 111 cm³/mol. The molecule has 1 aromatic heterocycles. The van der Waals surface area contributed by atoms with E-state index in [9.17, 15) is 4.79 Å². The summed E-state index contributed by atoms with van der Waals surface area (Å²) in [6.45, 7) is 4.86. The third-order valence-corrected chi connectivity index (χ3v) is 4.71. The van der Waals surface area contributed by atoms with Gasteiger partial charge in [0.05, 0.1) is 17.1 Å². The largest absolute Gasteiger partial charge is 0.345 e. The maximum Gasteiger partial charge on any atom is 0.252 e. The van der Waals surface area contributed by atoms with Gasteiger partial charge in [-0.2, -0.15) is 0 Å². The van der Waals surface area contributed by atoms with Crippen LogP contribution in [0.15, 0.2) is 54.6 Å². The van der Waals surface area contributed by atoms with Crippen molar-refractivity contribution in [2.24, 2.45) is 0 Å². The summed E-state index contributed by atoms with van der Waals surface area (Å²) in [5.74, 6) is -0.0521. The SMILES string of the molecule is Cc1ccc2nc(C)cc(C(=O)N[C@@H](CCN(C)C)c3ccccc3)c2c1. The monoisotopic (exact) mass is 361 g/mol. The van der Waals surface area contributed by atoms with Crippen LogP contribution in [-0.4, -0.2) is 36.4 Å². The molecule has 1 heterocycles. The van der Waals surface area contributed by atoms with E-state index in [4.69, 9.17) is 0 Å². The Morgan fingerprint density at radius 3 is 2.52 bits per heavy atom. The molecule has 0 aliphatic carbocycles. The number of hydrogen-bond donors (Lipinski definition) is 1. The third-order valence-electron chi connectivity index (χ3n) is 4.71. The van der Waals surface area contributed by atoms with Gasteiger partial charge in [-0.25, -0.2) is 0 Å². The summed E-state index contributed by atoms with van der Waals surface area (Å²) in [4.78, 5) is 19.9. The van der Waals surface area contributed by atoms with Gasteiger partial charge in [0.15, 0.2) is 0 Å². The second kappa shape index (κ2) is 8.31. The lowest BCUT2D eigenvalue weighted by atomic mass is 10.0. The first-order valence-electron chi connectivity index (χ1n) is 9.32. The van der Waals surface area contributed by atoms with Gasteiger partial charge in [0, 0.05) is 11.1 Å². The van der Waals surface area contributed by atoms with Crippen LogP contribution in [0.25, 0.3) is 10.9 Å². The highest BCUT2D eigenvalue weighted by molar-refractivity contribution is 6.06. The molecule has 0 aliphatic heterocycles. The van der Waals surface area contributed by atoms with Crippen molar-refractivity contribution in [1.82, 2.24) is 15.2 Å². The van der Waals surface area contributed by atoms with Crippen LogP contribution in [0, 0.1) is 13.8 Å². The van der Waals surface area contributed by atoms with Crippen LogP contribution >= 0.6 is 0 Å². The average molecular weight is 361 g/mol. The molecule has 0 radical (unpaired) electrons. The topological polar surface area (TPSA) is 45.2 Å². The molecular weight excluding hydrogens is 334 g/mol. The molecule has 0 saturated carbocycles. The summed E-state index contributed by atoms with van der Waals surface area (Å²) in [7, 11) is 4.10. The van der Waals surface area contributed by atoms with E-state index in [2.05, 4.69) is 27.3 Å². The number of carbonyl (C=O) groups excluding carboxylic acids is 1. The Hall–Kier alpha value is -2.72. The van der Waals surface area contributed by atoms with E-state index in [1.165, 1.54) is 0 Å². The molecule has 27 heavy (non-hydrogen) atoms. The van der Waals surface area contributed by atoms with Gasteiger partial charge in [-0.05, 0) is 64.7 Å². The second-order valence-electron chi connectivity index (χ2n) is 7.36. The number of hydrogen-bond acceptors (Lipinski definition) is 3. The Bertz CT molecular complexity index is 935. The maximum absolute atomic E-state index is 13.2. The number of rotatable bonds is 6. The molecule has 140 valence electrons. The fraction of sp³-hybridized carbons (Fsp3) is 0.304. The summed E-state index contributed by atoms with van der Waals surface area (Å²) < 4.78 is 0. The highest BCUT2D eigenvalue weighted by atomic mass is 16.1. The van der Waals surface area contributed by atoms with Crippen molar-refractivity contribution in [2.45, 2.75) is 26.3 Å². The molecule has 1 atom stereocenters. The molecule has 0 aliphatic rings. The highest BCUT2D eigenvalue weighted by Crippen LogP contribution is 2.22. The summed E-state index contributed by atoms with van der Waals surface area (Å²) in [6, 6.07) is 18.1. The molecule has 3 aromatic rings. The second-order valence-corrected chi connectivity index (χ2v) is 7.36. The van der Waals surface area contributed by atoms with Gasteiger partial charge in [-0.3, -0.25) is 9.78 Å². The normalized spacial score (nSPS) is 12.3. The molecule has 0 spiro atoms. The standard InChI is InChI=1S/C23H27N3O/c1-16-10-11-22-19(14-16)20(15-17(2)24-22)23(27)25-21(12-13-26(3)4)18-8-6-5-7-9-18/h5-11,14-15,21H,12-13H2,1-4H3,(H,25,27)/t21-/m0/s1. The van der Waals surface area contributed by atoms with E-state index < -0.39 is 0 Å². The van der Waals surface area contributed by atoms with E-state index in [-0.39, 0.29) is 11.9 Å². The first kappa shape index (κ1) is 19.1. The van der Waals surface area contributed by atoms with Gasteiger partial charge >= 0.3 is 0 Å². The van der Waals surface area contributed by atoms with Crippen LogP contribution in [0.1, 0.15) is 39.6 Å². The van der Waals surface area contributed by atoms with Crippen molar-refractivity contribution in [3.63, 3.8) is 0 Å². The number of nitrogens with one attached hydrogen (secondary N) is 1. The van der Waals surface area contributed by atoms with Gasteiger partial charge in [0.1, 0.15) is 0 Å². The van der Waals surface area contributed by atoms with Gasteiger partial charge in [0.25, 0.3) is 5.91 Å². The van der Waals surface area contributed by atoms with Gasteiger partial charge in [-0.1, -0.05) is 42.0 Å². The Labute approximate surface area is 161 Å². The van der Waals surface area contributed by atoms with Crippen LogP contribution in [0.5, 0.6) is 0 Å². The fourth-order valence-corrected chi connectivity index (χ4v) is 3.29. The molecule has 1 N–H and O–H groups in total. The van der Waals surface area contributed by atoms with Crippen molar-refractivity contribution in [3.8, 4) is 0 Å². The van der Waals surface area contributed by atoms with Gasteiger partial charge < -0.3 is 10.2 Å². The zero-order chi connectivity index (χ0) is 19.4. The number of benzene rings is 2. The number of aromatic nitrogens is 1. The van der Waals surface area contributed by atoms with Gasteiger partial charge in [-0.15, -0.1) is 0 Å².